The summed E-state index contributed by atoms with van der Waals surface area (Å²) in [5.74, 6) is 0.705. The highest BCUT2D eigenvalue weighted by atomic mass is 19.1. The molecule has 2 heterocycles. The summed E-state index contributed by atoms with van der Waals surface area (Å²) in [5.41, 5.74) is 2.41. The van der Waals surface area contributed by atoms with Gasteiger partial charge in [-0.2, -0.15) is 0 Å². The SMILES string of the molecule is O=C1Nc2ccc(F)cc2/C1=C\c1ccc2c(c1)OCO2. The van der Waals surface area contributed by atoms with E-state index >= 15 is 0 Å². The van der Waals surface area contributed by atoms with Crippen LogP contribution in [0.25, 0.3) is 11.6 Å². The molecule has 0 atom stereocenters. The Bertz CT molecular complexity index is 798. The molecule has 21 heavy (non-hydrogen) atoms. The quantitative estimate of drug-likeness (QED) is 0.818. The van der Waals surface area contributed by atoms with Crippen molar-refractivity contribution < 1.29 is 18.7 Å². The fourth-order valence-electron chi connectivity index (χ4n) is 2.47. The molecule has 0 saturated heterocycles. The van der Waals surface area contributed by atoms with Crippen molar-refractivity contribution in [3.05, 3.63) is 53.3 Å². The van der Waals surface area contributed by atoms with Gasteiger partial charge in [-0.25, -0.2) is 4.39 Å². The third-order valence-corrected chi connectivity index (χ3v) is 3.47. The van der Waals surface area contributed by atoms with Crippen LogP contribution < -0.4 is 14.8 Å². The molecule has 1 amide bonds. The van der Waals surface area contributed by atoms with E-state index in [0.29, 0.717) is 28.3 Å². The van der Waals surface area contributed by atoms with Crippen LogP contribution in [0.1, 0.15) is 11.1 Å². The first-order chi connectivity index (χ1) is 10.2. The van der Waals surface area contributed by atoms with Gasteiger partial charge in [0.1, 0.15) is 5.82 Å². The summed E-state index contributed by atoms with van der Waals surface area (Å²) < 4.78 is 23.9. The van der Waals surface area contributed by atoms with Crippen LogP contribution in [0.15, 0.2) is 36.4 Å². The summed E-state index contributed by atoms with van der Waals surface area (Å²) in [7, 11) is 0. The zero-order valence-corrected chi connectivity index (χ0v) is 10.9. The first-order valence-corrected chi connectivity index (χ1v) is 6.43. The molecule has 4 nitrogen and oxygen atoms in total. The van der Waals surface area contributed by atoms with Crippen molar-refractivity contribution in [2.75, 3.05) is 12.1 Å². The molecule has 2 aromatic rings. The number of carbonyl (C=O) groups is 1. The molecule has 0 radical (unpaired) electrons. The van der Waals surface area contributed by atoms with Crippen molar-refractivity contribution >= 4 is 23.2 Å². The molecule has 2 aliphatic rings. The molecule has 0 spiro atoms. The van der Waals surface area contributed by atoms with Crippen molar-refractivity contribution in [3.63, 3.8) is 0 Å². The van der Waals surface area contributed by atoms with Gasteiger partial charge in [0.2, 0.25) is 6.79 Å². The topological polar surface area (TPSA) is 47.6 Å². The molecule has 0 aliphatic carbocycles. The average Bonchev–Trinajstić information content (AvgIpc) is 3.04. The Morgan fingerprint density at radius 3 is 2.86 bits per heavy atom. The minimum atomic E-state index is -0.373. The zero-order chi connectivity index (χ0) is 14.4. The van der Waals surface area contributed by atoms with Gasteiger partial charge in [-0.05, 0) is 42.0 Å². The second-order valence-electron chi connectivity index (χ2n) is 4.81. The molecule has 0 unspecified atom stereocenters. The standard InChI is InChI=1S/C16H10FNO3/c17-10-2-3-13-11(7-10)12(16(19)18-13)5-9-1-4-14-15(6-9)21-8-20-14/h1-7H,8H2,(H,18,19)/b12-5+. The summed E-state index contributed by atoms with van der Waals surface area (Å²) in [5, 5.41) is 2.72. The van der Waals surface area contributed by atoms with Crippen molar-refractivity contribution in [2.45, 2.75) is 0 Å². The maximum absolute atomic E-state index is 13.4. The van der Waals surface area contributed by atoms with Gasteiger partial charge in [0.15, 0.2) is 11.5 Å². The lowest BCUT2D eigenvalue weighted by Gasteiger charge is -2.01. The molecular formula is C16H10FNO3. The number of carbonyl (C=O) groups excluding carboxylic acids is 1. The minimum absolute atomic E-state index is 0.198. The predicted octanol–water partition coefficient (Wildman–Crippen LogP) is 3.05. The van der Waals surface area contributed by atoms with E-state index in [1.165, 1.54) is 12.1 Å². The van der Waals surface area contributed by atoms with Crippen molar-refractivity contribution in [3.8, 4) is 11.5 Å². The van der Waals surface area contributed by atoms with Crippen LogP contribution in [0, 0.1) is 5.82 Å². The Labute approximate surface area is 119 Å². The van der Waals surface area contributed by atoms with E-state index in [0.717, 1.165) is 5.56 Å². The number of anilines is 1. The van der Waals surface area contributed by atoms with E-state index in [1.54, 1.807) is 24.3 Å². The van der Waals surface area contributed by atoms with Gasteiger partial charge in [-0.15, -0.1) is 0 Å². The van der Waals surface area contributed by atoms with Crippen LogP contribution in [-0.2, 0) is 4.79 Å². The highest BCUT2D eigenvalue weighted by Gasteiger charge is 2.24. The normalized spacial score (nSPS) is 17.0. The van der Waals surface area contributed by atoms with Crippen LogP contribution in [0.3, 0.4) is 0 Å². The molecule has 5 heteroatoms. The van der Waals surface area contributed by atoms with Crippen molar-refractivity contribution in [1.29, 1.82) is 0 Å². The smallest absolute Gasteiger partial charge is 0.256 e. The first-order valence-electron chi connectivity index (χ1n) is 6.43. The van der Waals surface area contributed by atoms with E-state index < -0.39 is 0 Å². The Morgan fingerprint density at radius 1 is 1.10 bits per heavy atom. The van der Waals surface area contributed by atoms with Crippen molar-refractivity contribution in [2.24, 2.45) is 0 Å². The number of ether oxygens (including phenoxy) is 2. The molecule has 104 valence electrons. The lowest BCUT2D eigenvalue weighted by Crippen LogP contribution is -2.03. The maximum Gasteiger partial charge on any atom is 0.256 e. The molecule has 0 saturated carbocycles. The van der Waals surface area contributed by atoms with E-state index in [2.05, 4.69) is 5.32 Å². The number of hydrogen-bond donors (Lipinski definition) is 1. The number of fused-ring (bicyclic) bond motifs is 2. The van der Waals surface area contributed by atoms with Gasteiger partial charge in [-0.1, -0.05) is 6.07 Å². The number of nitrogens with one attached hydrogen (secondary N) is 1. The summed E-state index contributed by atoms with van der Waals surface area (Å²) in [6, 6.07) is 9.64. The van der Waals surface area contributed by atoms with Crippen LogP contribution in [0.5, 0.6) is 11.5 Å². The average molecular weight is 283 g/mol. The third-order valence-electron chi connectivity index (χ3n) is 3.47. The summed E-state index contributed by atoms with van der Waals surface area (Å²) in [6.07, 6.45) is 1.71. The van der Waals surface area contributed by atoms with E-state index in [4.69, 9.17) is 9.47 Å². The van der Waals surface area contributed by atoms with Gasteiger partial charge in [0.05, 0.1) is 0 Å². The molecule has 2 aliphatic heterocycles. The minimum Gasteiger partial charge on any atom is -0.454 e. The molecule has 0 aromatic heterocycles. The summed E-state index contributed by atoms with van der Waals surface area (Å²) in [4.78, 5) is 12.0. The van der Waals surface area contributed by atoms with Crippen LogP contribution >= 0.6 is 0 Å². The Morgan fingerprint density at radius 2 is 1.95 bits per heavy atom. The summed E-state index contributed by atoms with van der Waals surface area (Å²) >= 11 is 0. The monoisotopic (exact) mass is 283 g/mol. The second-order valence-corrected chi connectivity index (χ2v) is 4.81. The zero-order valence-electron chi connectivity index (χ0n) is 10.9. The third kappa shape index (κ3) is 1.94. The van der Waals surface area contributed by atoms with Crippen LogP contribution in [0.4, 0.5) is 10.1 Å². The second kappa shape index (κ2) is 4.34. The number of hydrogen-bond acceptors (Lipinski definition) is 3. The molecular weight excluding hydrogens is 273 g/mol. The fraction of sp³-hybridized carbons (Fsp3) is 0.0625. The van der Waals surface area contributed by atoms with E-state index in [1.807, 2.05) is 6.07 Å². The molecule has 4 rings (SSSR count). The number of halogens is 1. The summed E-state index contributed by atoms with van der Waals surface area (Å²) in [6.45, 7) is 0.198. The highest BCUT2D eigenvalue weighted by molar-refractivity contribution is 6.34. The van der Waals surface area contributed by atoms with Crippen LogP contribution in [-0.4, -0.2) is 12.7 Å². The Hall–Kier alpha value is -2.82. The molecule has 0 fully saturated rings. The largest absolute Gasteiger partial charge is 0.454 e. The Kier molecular flexibility index (Phi) is 2.47. The molecule has 1 N–H and O–H groups in total. The Balaban J connectivity index is 1.80. The van der Waals surface area contributed by atoms with Gasteiger partial charge in [0, 0.05) is 16.8 Å². The number of amides is 1. The fourth-order valence-corrected chi connectivity index (χ4v) is 2.47. The lowest BCUT2D eigenvalue weighted by molar-refractivity contribution is -0.110. The van der Waals surface area contributed by atoms with Gasteiger partial charge in [-0.3, -0.25) is 4.79 Å². The maximum atomic E-state index is 13.4. The molecule has 2 aromatic carbocycles. The number of benzene rings is 2. The van der Waals surface area contributed by atoms with Crippen LogP contribution in [0.2, 0.25) is 0 Å². The van der Waals surface area contributed by atoms with E-state index in [9.17, 15) is 9.18 Å². The predicted molar refractivity (Wildman–Crippen MR) is 75.5 cm³/mol. The number of rotatable bonds is 1. The van der Waals surface area contributed by atoms with Gasteiger partial charge in [0.25, 0.3) is 5.91 Å². The first kappa shape index (κ1) is 12.0. The van der Waals surface area contributed by atoms with Gasteiger partial charge >= 0.3 is 0 Å². The van der Waals surface area contributed by atoms with Gasteiger partial charge < -0.3 is 14.8 Å². The molecule has 0 bridgehead atoms. The lowest BCUT2D eigenvalue weighted by atomic mass is 10.0. The highest BCUT2D eigenvalue weighted by Crippen LogP contribution is 2.36. The van der Waals surface area contributed by atoms with Crippen molar-refractivity contribution in [1.82, 2.24) is 0 Å². The van der Waals surface area contributed by atoms with E-state index in [-0.39, 0.29) is 18.5 Å².